The van der Waals surface area contributed by atoms with Gasteiger partial charge < -0.3 is 24.6 Å². The molecule has 2 saturated carbocycles. The summed E-state index contributed by atoms with van der Waals surface area (Å²) in [7, 11) is 0. The Balaban J connectivity index is 1.32. The number of guanidine groups is 1. The van der Waals surface area contributed by atoms with Crippen LogP contribution in [0.1, 0.15) is 53.4 Å². The van der Waals surface area contributed by atoms with Crippen molar-refractivity contribution in [2.75, 3.05) is 32.8 Å². The van der Waals surface area contributed by atoms with Gasteiger partial charge in [-0.25, -0.2) is 4.79 Å². The second-order valence-electron chi connectivity index (χ2n) is 9.40. The third-order valence-electron chi connectivity index (χ3n) is 6.60. The van der Waals surface area contributed by atoms with Gasteiger partial charge in [0.2, 0.25) is 0 Å². The number of hydrogen-bond donors (Lipinski definition) is 1. The van der Waals surface area contributed by atoms with E-state index in [1.807, 2.05) is 25.7 Å². The number of carbonyl (C=O) groups excluding carboxylic acids is 1. The summed E-state index contributed by atoms with van der Waals surface area (Å²) < 4.78 is 11.5. The molecule has 4 aliphatic rings. The number of aliphatic imine (C=N–C) groups is 1. The molecule has 2 aliphatic carbocycles. The molecule has 0 aromatic carbocycles. The number of piperazine rings is 1. The lowest BCUT2D eigenvalue weighted by atomic mass is 9.51. The van der Waals surface area contributed by atoms with E-state index in [9.17, 15) is 4.79 Å². The number of amides is 1. The van der Waals surface area contributed by atoms with Gasteiger partial charge in [0.05, 0.1) is 18.7 Å². The van der Waals surface area contributed by atoms with Gasteiger partial charge in [0.1, 0.15) is 5.60 Å². The molecule has 4 rings (SSSR count). The molecule has 152 valence electrons. The molecule has 3 unspecified atom stereocenters. The number of nitrogens with one attached hydrogen (secondary N) is 1. The lowest BCUT2D eigenvalue weighted by Crippen LogP contribution is -2.69. The number of fused-ring (bicyclic) bond motifs is 1. The van der Waals surface area contributed by atoms with Gasteiger partial charge in [0.25, 0.3) is 0 Å². The van der Waals surface area contributed by atoms with Crippen LogP contribution in [0.5, 0.6) is 0 Å². The molecule has 0 aromatic heterocycles. The SMILES string of the molecule is CCOC1CC(NC2=NCC3CN(C(=O)OC(C)(C)C)CCN23)C12CCC2. The van der Waals surface area contributed by atoms with Crippen LogP contribution in [0.15, 0.2) is 4.99 Å². The molecule has 7 heteroatoms. The van der Waals surface area contributed by atoms with Crippen molar-refractivity contribution < 1.29 is 14.3 Å². The van der Waals surface area contributed by atoms with Crippen molar-refractivity contribution in [3.63, 3.8) is 0 Å². The average Bonchev–Trinajstić information content (AvgIpc) is 2.93. The van der Waals surface area contributed by atoms with Crippen molar-refractivity contribution in [2.24, 2.45) is 10.4 Å². The first-order chi connectivity index (χ1) is 12.8. The topological polar surface area (TPSA) is 66.4 Å². The third-order valence-corrected chi connectivity index (χ3v) is 6.60. The van der Waals surface area contributed by atoms with Crippen LogP contribution in [0.4, 0.5) is 4.79 Å². The Kier molecular flexibility index (Phi) is 4.77. The Bertz CT molecular complexity index is 611. The van der Waals surface area contributed by atoms with Gasteiger partial charge in [0.15, 0.2) is 5.96 Å². The zero-order valence-electron chi connectivity index (χ0n) is 17.2. The third kappa shape index (κ3) is 3.39. The molecular weight excluding hydrogens is 344 g/mol. The van der Waals surface area contributed by atoms with E-state index >= 15 is 0 Å². The molecule has 7 nitrogen and oxygen atoms in total. The van der Waals surface area contributed by atoms with Gasteiger partial charge in [-0.2, -0.15) is 0 Å². The summed E-state index contributed by atoms with van der Waals surface area (Å²) in [5.74, 6) is 1.02. The van der Waals surface area contributed by atoms with Crippen LogP contribution in [-0.4, -0.2) is 78.4 Å². The van der Waals surface area contributed by atoms with E-state index in [0.29, 0.717) is 30.7 Å². The molecule has 1 amide bonds. The summed E-state index contributed by atoms with van der Waals surface area (Å²) in [6.45, 7) is 11.5. The van der Waals surface area contributed by atoms with Crippen LogP contribution in [0.3, 0.4) is 0 Å². The lowest BCUT2D eigenvalue weighted by molar-refractivity contribution is -0.169. The van der Waals surface area contributed by atoms with Crippen molar-refractivity contribution >= 4 is 12.1 Å². The van der Waals surface area contributed by atoms with E-state index < -0.39 is 5.60 Å². The summed E-state index contributed by atoms with van der Waals surface area (Å²) in [6.07, 6.45) is 5.11. The highest BCUT2D eigenvalue weighted by Crippen LogP contribution is 2.57. The number of carbonyl (C=O) groups is 1. The van der Waals surface area contributed by atoms with Gasteiger partial charge in [-0.15, -0.1) is 0 Å². The van der Waals surface area contributed by atoms with Crippen molar-refractivity contribution in [3.8, 4) is 0 Å². The fraction of sp³-hybridized carbons (Fsp3) is 0.900. The Labute approximate surface area is 162 Å². The Hall–Kier alpha value is -1.50. The molecular formula is C20H34N4O3. The summed E-state index contributed by atoms with van der Waals surface area (Å²) >= 11 is 0. The van der Waals surface area contributed by atoms with Gasteiger partial charge in [0, 0.05) is 37.7 Å². The standard InChI is InChI=1S/C20H34N4O3/c1-5-26-16-11-15(20(16)7-6-8-20)22-17-21-12-14-13-23(9-10-24(14)17)18(25)27-19(2,3)4/h14-16H,5-13H2,1-4H3,(H,21,22). The number of hydrogen-bond acceptors (Lipinski definition) is 6. The predicted molar refractivity (Wildman–Crippen MR) is 104 cm³/mol. The normalized spacial score (nSPS) is 31.7. The molecule has 0 radical (unpaired) electrons. The molecule has 3 fully saturated rings. The van der Waals surface area contributed by atoms with Crippen LogP contribution in [0, 0.1) is 5.41 Å². The fourth-order valence-corrected chi connectivity index (χ4v) is 4.99. The maximum absolute atomic E-state index is 12.4. The van der Waals surface area contributed by atoms with Crippen LogP contribution < -0.4 is 5.32 Å². The van der Waals surface area contributed by atoms with Crippen molar-refractivity contribution in [2.45, 2.75) is 77.2 Å². The van der Waals surface area contributed by atoms with Crippen LogP contribution in [0.2, 0.25) is 0 Å². The van der Waals surface area contributed by atoms with E-state index in [0.717, 1.165) is 32.1 Å². The van der Waals surface area contributed by atoms with Crippen molar-refractivity contribution in [3.05, 3.63) is 0 Å². The average molecular weight is 379 g/mol. The van der Waals surface area contributed by atoms with Gasteiger partial charge in [-0.3, -0.25) is 4.99 Å². The molecule has 3 atom stereocenters. The molecule has 1 N–H and O–H groups in total. The summed E-state index contributed by atoms with van der Waals surface area (Å²) in [5, 5.41) is 3.74. The highest BCUT2D eigenvalue weighted by atomic mass is 16.6. The minimum absolute atomic E-state index is 0.212. The molecule has 2 heterocycles. The second kappa shape index (κ2) is 6.83. The van der Waals surface area contributed by atoms with Crippen molar-refractivity contribution in [1.29, 1.82) is 0 Å². The van der Waals surface area contributed by atoms with Gasteiger partial charge in [-0.1, -0.05) is 6.42 Å². The summed E-state index contributed by atoms with van der Waals surface area (Å²) in [5.41, 5.74) is -0.125. The van der Waals surface area contributed by atoms with Crippen LogP contribution >= 0.6 is 0 Å². The van der Waals surface area contributed by atoms with E-state index in [1.165, 1.54) is 19.3 Å². The Morgan fingerprint density at radius 2 is 2.11 bits per heavy atom. The fourth-order valence-electron chi connectivity index (χ4n) is 4.99. The lowest BCUT2D eigenvalue weighted by Gasteiger charge is -2.61. The maximum atomic E-state index is 12.4. The quantitative estimate of drug-likeness (QED) is 0.816. The first-order valence-electron chi connectivity index (χ1n) is 10.5. The monoisotopic (exact) mass is 378 g/mol. The molecule has 2 aliphatic heterocycles. The second-order valence-corrected chi connectivity index (χ2v) is 9.40. The zero-order chi connectivity index (χ0) is 19.2. The first kappa shape index (κ1) is 18.8. The Morgan fingerprint density at radius 3 is 2.74 bits per heavy atom. The largest absolute Gasteiger partial charge is 0.444 e. The minimum atomic E-state index is -0.453. The van der Waals surface area contributed by atoms with E-state index in [4.69, 9.17) is 14.5 Å². The van der Waals surface area contributed by atoms with Gasteiger partial charge >= 0.3 is 6.09 Å². The van der Waals surface area contributed by atoms with Crippen molar-refractivity contribution in [1.82, 2.24) is 15.1 Å². The molecule has 1 saturated heterocycles. The van der Waals surface area contributed by atoms with E-state index in [-0.39, 0.29) is 12.1 Å². The number of rotatable bonds is 3. The summed E-state index contributed by atoms with van der Waals surface area (Å²) in [4.78, 5) is 21.3. The van der Waals surface area contributed by atoms with E-state index in [1.54, 1.807) is 0 Å². The van der Waals surface area contributed by atoms with E-state index in [2.05, 4.69) is 17.1 Å². The van der Waals surface area contributed by atoms with Crippen LogP contribution in [-0.2, 0) is 9.47 Å². The van der Waals surface area contributed by atoms with Crippen LogP contribution in [0.25, 0.3) is 0 Å². The number of ether oxygens (including phenoxy) is 2. The zero-order valence-corrected chi connectivity index (χ0v) is 17.2. The Morgan fingerprint density at radius 1 is 1.33 bits per heavy atom. The number of nitrogens with zero attached hydrogens (tertiary/aromatic N) is 3. The highest BCUT2D eigenvalue weighted by Gasteiger charge is 2.59. The molecule has 0 aromatic rings. The smallest absolute Gasteiger partial charge is 0.410 e. The molecule has 0 bridgehead atoms. The first-order valence-corrected chi connectivity index (χ1v) is 10.5. The predicted octanol–water partition coefficient (Wildman–Crippen LogP) is 2.21. The highest BCUT2D eigenvalue weighted by molar-refractivity contribution is 5.83. The molecule has 1 spiro atoms. The summed E-state index contributed by atoms with van der Waals surface area (Å²) in [6, 6.07) is 0.734. The maximum Gasteiger partial charge on any atom is 0.410 e. The minimum Gasteiger partial charge on any atom is -0.444 e. The van der Waals surface area contributed by atoms with Gasteiger partial charge in [-0.05, 0) is 47.0 Å². The molecule has 27 heavy (non-hydrogen) atoms.